The molecule has 3 saturated heterocycles. The number of hydrogen-bond donors (Lipinski definition) is 0. The summed E-state index contributed by atoms with van der Waals surface area (Å²) >= 11 is 0. The fourth-order valence-electron chi connectivity index (χ4n) is 6.13. The van der Waals surface area contributed by atoms with Crippen LogP contribution in [0.2, 0.25) is 0 Å². The molecule has 3 aliphatic rings. The summed E-state index contributed by atoms with van der Waals surface area (Å²) in [6, 6.07) is 0. The molecule has 0 aliphatic carbocycles. The summed E-state index contributed by atoms with van der Waals surface area (Å²) < 4.78 is 18.6. The van der Waals surface area contributed by atoms with Gasteiger partial charge in [0.1, 0.15) is 0 Å². The van der Waals surface area contributed by atoms with Crippen LogP contribution >= 0.6 is 0 Å². The van der Waals surface area contributed by atoms with Crippen LogP contribution < -0.4 is 0 Å². The SMILES string of the molecule is CC(C)(C)C1(C)COC1CC(C)(C)C1(C)CCOC1CC(C)(C)C1(C)CCCOC1. The van der Waals surface area contributed by atoms with Gasteiger partial charge in [-0.3, -0.25) is 0 Å². The van der Waals surface area contributed by atoms with Crippen LogP contribution in [-0.4, -0.2) is 38.6 Å². The lowest BCUT2D eigenvalue weighted by atomic mass is 9.53. The molecule has 3 fully saturated rings. The molecule has 3 rings (SSSR count). The van der Waals surface area contributed by atoms with E-state index < -0.39 is 0 Å². The van der Waals surface area contributed by atoms with Crippen LogP contribution in [0.25, 0.3) is 0 Å². The van der Waals surface area contributed by atoms with Gasteiger partial charge in [0, 0.05) is 24.0 Å². The molecular weight excluding hydrogens is 372 g/mol. The number of rotatable bonds is 6. The third-order valence-corrected chi connectivity index (χ3v) is 10.7. The number of ether oxygens (including phenoxy) is 3. The van der Waals surface area contributed by atoms with Gasteiger partial charge in [-0.05, 0) is 53.8 Å². The maximum absolute atomic E-state index is 6.50. The Morgan fingerprint density at radius 1 is 0.700 bits per heavy atom. The van der Waals surface area contributed by atoms with E-state index in [4.69, 9.17) is 14.2 Å². The predicted octanol–water partition coefficient (Wildman–Crippen LogP) is 6.88. The van der Waals surface area contributed by atoms with Crippen LogP contribution in [0, 0.1) is 32.5 Å². The Labute approximate surface area is 187 Å². The number of hydrogen-bond acceptors (Lipinski definition) is 3. The van der Waals surface area contributed by atoms with Gasteiger partial charge in [-0.1, -0.05) is 69.2 Å². The van der Waals surface area contributed by atoms with Gasteiger partial charge in [0.05, 0.1) is 25.4 Å². The van der Waals surface area contributed by atoms with Crippen LogP contribution in [0.5, 0.6) is 0 Å². The largest absolute Gasteiger partial charge is 0.381 e. The monoisotopic (exact) mass is 422 g/mol. The van der Waals surface area contributed by atoms with E-state index in [1.165, 1.54) is 12.8 Å². The Bertz CT molecular complexity index is 610. The second-order valence-corrected chi connectivity index (χ2v) is 13.9. The smallest absolute Gasteiger partial charge is 0.0661 e. The molecule has 0 radical (unpaired) electrons. The van der Waals surface area contributed by atoms with Crippen molar-refractivity contribution in [3.8, 4) is 0 Å². The van der Waals surface area contributed by atoms with Crippen LogP contribution in [0.4, 0.5) is 0 Å². The lowest BCUT2D eigenvalue weighted by molar-refractivity contribution is -0.241. The van der Waals surface area contributed by atoms with Gasteiger partial charge in [-0.15, -0.1) is 0 Å². The second-order valence-electron chi connectivity index (χ2n) is 13.9. The van der Waals surface area contributed by atoms with E-state index in [-0.39, 0.29) is 32.5 Å². The summed E-state index contributed by atoms with van der Waals surface area (Å²) in [6.45, 7) is 27.9. The van der Waals surface area contributed by atoms with Crippen LogP contribution in [0.1, 0.15) is 101 Å². The van der Waals surface area contributed by atoms with Gasteiger partial charge in [-0.2, -0.15) is 0 Å². The van der Waals surface area contributed by atoms with Gasteiger partial charge in [0.2, 0.25) is 0 Å². The zero-order valence-corrected chi connectivity index (χ0v) is 21.7. The summed E-state index contributed by atoms with van der Waals surface area (Å²) in [7, 11) is 0. The highest BCUT2D eigenvalue weighted by Gasteiger charge is 2.59. The molecule has 0 saturated carbocycles. The second kappa shape index (κ2) is 7.73. The first-order chi connectivity index (χ1) is 13.6. The topological polar surface area (TPSA) is 27.7 Å². The predicted molar refractivity (Wildman–Crippen MR) is 125 cm³/mol. The van der Waals surface area contributed by atoms with Crippen molar-refractivity contribution in [1.82, 2.24) is 0 Å². The Balaban J connectivity index is 1.76. The van der Waals surface area contributed by atoms with Crippen LogP contribution in [0.3, 0.4) is 0 Å². The fraction of sp³-hybridized carbons (Fsp3) is 1.00. The molecule has 0 aromatic rings. The Hall–Kier alpha value is -0.120. The molecule has 0 amide bonds. The summed E-state index contributed by atoms with van der Waals surface area (Å²) in [6.07, 6.45) is 6.43. The first-order valence-corrected chi connectivity index (χ1v) is 12.4. The van der Waals surface area contributed by atoms with Crippen molar-refractivity contribution in [2.45, 2.75) is 114 Å². The van der Waals surface area contributed by atoms with Crippen LogP contribution in [0.15, 0.2) is 0 Å². The van der Waals surface area contributed by atoms with E-state index in [0.717, 1.165) is 45.7 Å². The van der Waals surface area contributed by atoms with Crippen molar-refractivity contribution in [3.63, 3.8) is 0 Å². The molecule has 3 heterocycles. The molecule has 3 heteroatoms. The fourth-order valence-corrected chi connectivity index (χ4v) is 6.13. The molecule has 0 bridgehead atoms. The van der Waals surface area contributed by atoms with Gasteiger partial charge >= 0.3 is 0 Å². The highest BCUT2D eigenvalue weighted by molar-refractivity contribution is 5.07. The minimum Gasteiger partial charge on any atom is -0.381 e. The van der Waals surface area contributed by atoms with Gasteiger partial charge in [-0.25, -0.2) is 0 Å². The minimum absolute atomic E-state index is 0.159. The molecule has 176 valence electrons. The first-order valence-electron chi connectivity index (χ1n) is 12.4. The van der Waals surface area contributed by atoms with Crippen molar-refractivity contribution in [2.75, 3.05) is 26.4 Å². The van der Waals surface area contributed by atoms with E-state index in [9.17, 15) is 0 Å². The first kappa shape index (κ1) is 24.5. The highest BCUT2D eigenvalue weighted by Crippen LogP contribution is 2.60. The lowest BCUT2D eigenvalue weighted by Gasteiger charge is -2.59. The zero-order chi connectivity index (χ0) is 22.6. The summed E-state index contributed by atoms with van der Waals surface area (Å²) in [4.78, 5) is 0. The van der Waals surface area contributed by atoms with Crippen molar-refractivity contribution >= 4 is 0 Å². The average molecular weight is 423 g/mol. The zero-order valence-electron chi connectivity index (χ0n) is 21.7. The Kier molecular flexibility index (Phi) is 6.32. The summed E-state index contributed by atoms with van der Waals surface area (Å²) in [5.74, 6) is 0. The normalized spacial score (nSPS) is 41.0. The minimum atomic E-state index is 0.159. The van der Waals surface area contributed by atoms with Crippen molar-refractivity contribution < 1.29 is 14.2 Å². The molecule has 5 atom stereocenters. The standard InChI is InChI=1S/C27H50O3/c1-22(2,3)27(10)19-30-21(27)17-24(6,7)26(9)13-15-29-20(26)16-23(4,5)25(8)12-11-14-28-18-25/h20-21H,11-19H2,1-10H3. The Morgan fingerprint density at radius 3 is 1.80 bits per heavy atom. The lowest BCUT2D eigenvalue weighted by Crippen LogP contribution is -2.60. The van der Waals surface area contributed by atoms with Crippen LogP contribution in [-0.2, 0) is 14.2 Å². The third kappa shape index (κ3) is 3.90. The molecule has 0 aromatic heterocycles. The van der Waals surface area contributed by atoms with E-state index in [1.807, 2.05) is 0 Å². The van der Waals surface area contributed by atoms with Gasteiger partial charge in [0.15, 0.2) is 0 Å². The molecule has 3 nitrogen and oxygen atoms in total. The molecule has 3 aliphatic heterocycles. The van der Waals surface area contributed by atoms with Gasteiger partial charge < -0.3 is 14.2 Å². The van der Waals surface area contributed by atoms with E-state index in [1.54, 1.807) is 0 Å². The van der Waals surface area contributed by atoms with E-state index in [0.29, 0.717) is 12.2 Å². The highest BCUT2D eigenvalue weighted by atomic mass is 16.5. The summed E-state index contributed by atoms with van der Waals surface area (Å²) in [5, 5.41) is 0. The quantitative estimate of drug-likeness (QED) is 0.467. The molecule has 5 unspecified atom stereocenters. The van der Waals surface area contributed by atoms with Crippen molar-refractivity contribution in [3.05, 3.63) is 0 Å². The molecule has 0 spiro atoms. The average Bonchev–Trinajstić information content (AvgIpc) is 2.99. The Morgan fingerprint density at radius 2 is 1.30 bits per heavy atom. The molecule has 30 heavy (non-hydrogen) atoms. The van der Waals surface area contributed by atoms with Crippen molar-refractivity contribution in [1.29, 1.82) is 0 Å². The maximum atomic E-state index is 6.50. The molecule has 0 N–H and O–H groups in total. The molecule has 0 aromatic carbocycles. The maximum Gasteiger partial charge on any atom is 0.0661 e. The third-order valence-electron chi connectivity index (χ3n) is 10.7. The van der Waals surface area contributed by atoms with E-state index >= 15 is 0 Å². The van der Waals surface area contributed by atoms with E-state index in [2.05, 4.69) is 69.2 Å². The van der Waals surface area contributed by atoms with Crippen molar-refractivity contribution in [2.24, 2.45) is 32.5 Å². The summed E-state index contributed by atoms with van der Waals surface area (Å²) in [5.41, 5.74) is 1.24. The molecular formula is C27H50O3. The van der Waals surface area contributed by atoms with Gasteiger partial charge in [0.25, 0.3) is 0 Å².